The topological polar surface area (TPSA) is 181 Å². The summed E-state index contributed by atoms with van der Waals surface area (Å²) in [5.41, 5.74) is 4.25. The van der Waals surface area contributed by atoms with Crippen LogP contribution < -0.4 is 25.5 Å². The number of hydrogen-bond donors (Lipinski definition) is 5. The van der Waals surface area contributed by atoms with Gasteiger partial charge >= 0.3 is 18.0 Å². The van der Waals surface area contributed by atoms with Crippen molar-refractivity contribution in [1.29, 1.82) is 0 Å². The molecule has 0 radical (unpaired) electrons. The number of aliphatic hydroxyl groups is 1. The van der Waals surface area contributed by atoms with E-state index < -0.39 is 30.2 Å². The van der Waals surface area contributed by atoms with Gasteiger partial charge in [-0.3, -0.25) is 5.43 Å². The molecular formula is C29H30N4O9. The maximum absolute atomic E-state index is 12.4. The summed E-state index contributed by atoms with van der Waals surface area (Å²) < 4.78 is 22.0. The SMILES string of the molecule is CCOc1cc([C@@H]2NC(=O)NC(C)=C2C(=O)OC)ccc1OC[C@H](O)N/N=C\c1ccc(-c2ccccc2C(=O)O)o1. The molecule has 13 heteroatoms. The Morgan fingerprint density at radius 3 is 2.67 bits per heavy atom. The molecule has 5 N–H and O–H groups in total. The standard InChI is InChI=1S/C29H30N4O9/c1-4-40-23-13-17(26-25(28(37)39-3)16(2)31-29(38)32-26)9-11-22(23)41-15-24(34)33-30-14-18-10-12-21(42-18)19-7-5-6-8-20(19)27(35)36/h5-14,24,26,33-34H,4,15H2,1-3H3,(H,35,36)(H2,31,32,38)/b30-14-/t24-,26-/m0/s1. The van der Waals surface area contributed by atoms with Crippen molar-refractivity contribution < 1.29 is 43.2 Å². The van der Waals surface area contributed by atoms with E-state index in [1.807, 2.05) is 0 Å². The number of hydrazone groups is 1. The number of benzene rings is 2. The van der Waals surface area contributed by atoms with Crippen molar-refractivity contribution in [1.82, 2.24) is 16.1 Å². The summed E-state index contributed by atoms with van der Waals surface area (Å²) in [6.45, 7) is 3.50. The van der Waals surface area contributed by atoms with E-state index in [0.29, 0.717) is 46.5 Å². The minimum atomic E-state index is -1.21. The average molecular weight is 579 g/mol. The molecule has 0 saturated carbocycles. The molecule has 13 nitrogen and oxygen atoms in total. The molecular weight excluding hydrogens is 548 g/mol. The molecule has 0 aliphatic carbocycles. The van der Waals surface area contributed by atoms with Crippen LogP contribution >= 0.6 is 0 Å². The molecule has 1 aliphatic heterocycles. The van der Waals surface area contributed by atoms with Crippen LogP contribution in [0.3, 0.4) is 0 Å². The molecule has 42 heavy (non-hydrogen) atoms. The summed E-state index contributed by atoms with van der Waals surface area (Å²) in [4.78, 5) is 36.0. The minimum absolute atomic E-state index is 0.108. The zero-order valence-corrected chi connectivity index (χ0v) is 23.0. The number of carboxylic acid groups (broad SMARTS) is 1. The van der Waals surface area contributed by atoms with Gasteiger partial charge < -0.3 is 39.5 Å². The summed E-state index contributed by atoms with van der Waals surface area (Å²) in [7, 11) is 1.26. The highest BCUT2D eigenvalue weighted by Gasteiger charge is 2.32. The Bertz CT molecular complexity index is 1530. The molecule has 0 spiro atoms. The Kier molecular flexibility index (Phi) is 9.45. The predicted octanol–water partition coefficient (Wildman–Crippen LogP) is 3.17. The summed E-state index contributed by atoms with van der Waals surface area (Å²) in [6.07, 6.45) is 0.121. The number of carboxylic acids is 1. The molecule has 3 aromatic rings. The van der Waals surface area contributed by atoms with Crippen LogP contribution in [0.2, 0.25) is 0 Å². The molecule has 1 aliphatic rings. The number of rotatable bonds is 12. The fourth-order valence-electron chi connectivity index (χ4n) is 4.26. The largest absolute Gasteiger partial charge is 0.490 e. The van der Waals surface area contributed by atoms with Crippen molar-refractivity contribution in [2.45, 2.75) is 26.1 Å². The summed E-state index contributed by atoms with van der Waals surface area (Å²) >= 11 is 0. The van der Waals surface area contributed by atoms with E-state index in [1.165, 1.54) is 19.4 Å². The smallest absolute Gasteiger partial charge is 0.337 e. The summed E-state index contributed by atoms with van der Waals surface area (Å²) in [6, 6.07) is 13.4. The highest BCUT2D eigenvalue weighted by atomic mass is 16.5. The lowest BCUT2D eigenvalue weighted by Crippen LogP contribution is -2.45. The molecule has 220 valence electrons. The number of methoxy groups -OCH3 is 1. The van der Waals surface area contributed by atoms with Crippen molar-refractivity contribution in [2.75, 3.05) is 20.3 Å². The average Bonchev–Trinajstić information content (AvgIpc) is 3.44. The first kappa shape index (κ1) is 29.7. The third kappa shape index (κ3) is 6.88. The number of carbonyl (C=O) groups is 3. The van der Waals surface area contributed by atoms with E-state index in [1.54, 1.807) is 62.4 Å². The van der Waals surface area contributed by atoms with Gasteiger partial charge in [0, 0.05) is 11.3 Å². The number of urea groups is 1. The second kappa shape index (κ2) is 13.4. The Balaban J connectivity index is 1.40. The molecule has 0 fully saturated rings. The number of carbonyl (C=O) groups excluding carboxylic acids is 2. The van der Waals surface area contributed by atoms with Gasteiger partial charge in [-0.1, -0.05) is 24.3 Å². The lowest BCUT2D eigenvalue weighted by molar-refractivity contribution is -0.136. The highest BCUT2D eigenvalue weighted by molar-refractivity contribution is 5.96. The zero-order chi connectivity index (χ0) is 30.2. The molecule has 2 atom stereocenters. The van der Waals surface area contributed by atoms with Gasteiger partial charge in [-0.15, -0.1) is 0 Å². The van der Waals surface area contributed by atoms with E-state index in [9.17, 15) is 24.6 Å². The third-order valence-corrected chi connectivity index (χ3v) is 6.14. The summed E-state index contributed by atoms with van der Waals surface area (Å²) in [5.74, 6) is -0.308. The van der Waals surface area contributed by atoms with Crippen LogP contribution in [0.5, 0.6) is 11.5 Å². The highest BCUT2D eigenvalue weighted by Crippen LogP contribution is 2.35. The number of aliphatic hydroxyl groups excluding tert-OH is 1. The third-order valence-electron chi connectivity index (χ3n) is 6.14. The number of nitrogens with zero attached hydrogens (tertiary/aromatic N) is 1. The first-order valence-electron chi connectivity index (χ1n) is 12.9. The van der Waals surface area contributed by atoms with Crippen molar-refractivity contribution in [3.63, 3.8) is 0 Å². The number of nitrogens with one attached hydrogen (secondary N) is 3. The first-order chi connectivity index (χ1) is 20.2. The quantitative estimate of drug-likeness (QED) is 0.0927. The van der Waals surface area contributed by atoms with Gasteiger partial charge in [-0.25, -0.2) is 14.4 Å². The normalized spacial score (nSPS) is 15.5. The lowest BCUT2D eigenvalue weighted by atomic mass is 9.95. The van der Waals surface area contributed by atoms with E-state index in [0.717, 1.165) is 0 Å². The van der Waals surface area contributed by atoms with Crippen molar-refractivity contribution in [3.8, 4) is 22.8 Å². The van der Waals surface area contributed by atoms with Gasteiger partial charge in [0.1, 0.15) is 18.1 Å². The monoisotopic (exact) mass is 578 g/mol. The molecule has 0 unspecified atom stereocenters. The zero-order valence-electron chi connectivity index (χ0n) is 23.0. The van der Waals surface area contributed by atoms with Crippen LogP contribution in [-0.2, 0) is 9.53 Å². The van der Waals surface area contributed by atoms with Crippen molar-refractivity contribution in [2.24, 2.45) is 5.10 Å². The molecule has 2 amide bonds. The molecule has 1 aromatic heterocycles. The maximum atomic E-state index is 12.4. The number of amides is 2. The maximum Gasteiger partial charge on any atom is 0.337 e. The van der Waals surface area contributed by atoms with Gasteiger partial charge in [0.2, 0.25) is 0 Å². The summed E-state index contributed by atoms with van der Waals surface area (Å²) in [5, 5.41) is 29.0. The Hall–Kier alpha value is -5.30. The minimum Gasteiger partial charge on any atom is -0.490 e. The fourth-order valence-corrected chi connectivity index (χ4v) is 4.26. The van der Waals surface area contributed by atoms with Crippen LogP contribution in [0, 0.1) is 0 Å². The van der Waals surface area contributed by atoms with Crippen molar-refractivity contribution >= 4 is 24.2 Å². The van der Waals surface area contributed by atoms with Crippen molar-refractivity contribution in [3.05, 3.63) is 82.8 Å². The molecule has 4 rings (SSSR count). The molecule has 0 saturated heterocycles. The van der Waals surface area contributed by atoms with Gasteiger partial charge in [0.25, 0.3) is 0 Å². The van der Waals surface area contributed by atoms with E-state index >= 15 is 0 Å². The molecule has 0 bridgehead atoms. The van der Waals surface area contributed by atoms with Crippen LogP contribution in [0.1, 0.15) is 41.6 Å². The number of hydrogen-bond acceptors (Lipinski definition) is 10. The predicted molar refractivity (Wildman–Crippen MR) is 150 cm³/mol. The Morgan fingerprint density at radius 1 is 1.14 bits per heavy atom. The van der Waals surface area contributed by atoms with Gasteiger partial charge in [0.05, 0.1) is 37.1 Å². The number of aromatic carboxylic acids is 1. The fraction of sp³-hybridized carbons (Fsp3) is 0.241. The van der Waals surface area contributed by atoms with E-state index in [4.69, 9.17) is 18.6 Å². The van der Waals surface area contributed by atoms with Crippen LogP contribution in [0.25, 0.3) is 11.3 Å². The van der Waals surface area contributed by atoms with Gasteiger partial charge in [-0.2, -0.15) is 5.10 Å². The number of allylic oxidation sites excluding steroid dienone is 1. The van der Waals surface area contributed by atoms with E-state index in [-0.39, 0.29) is 17.7 Å². The first-order valence-corrected chi connectivity index (χ1v) is 12.9. The van der Waals surface area contributed by atoms with Crippen LogP contribution in [0.15, 0.2) is 75.4 Å². The second-order valence-electron chi connectivity index (χ2n) is 8.97. The number of furan rings is 1. The van der Waals surface area contributed by atoms with Crippen LogP contribution in [0.4, 0.5) is 4.79 Å². The van der Waals surface area contributed by atoms with Gasteiger partial charge in [0.15, 0.2) is 17.7 Å². The molecule has 2 heterocycles. The van der Waals surface area contributed by atoms with Gasteiger partial charge in [-0.05, 0) is 49.7 Å². The Labute approximate surface area is 240 Å². The van der Waals surface area contributed by atoms with E-state index in [2.05, 4.69) is 21.2 Å². The van der Waals surface area contributed by atoms with Crippen LogP contribution in [-0.4, -0.2) is 60.9 Å². The lowest BCUT2D eigenvalue weighted by Gasteiger charge is -2.28. The number of esters is 1. The Morgan fingerprint density at radius 2 is 1.93 bits per heavy atom. The molecule has 2 aromatic carbocycles. The second-order valence-corrected chi connectivity index (χ2v) is 8.97. The number of ether oxygens (including phenoxy) is 3.